The molecule has 1 saturated heterocycles. The molecule has 1 aliphatic rings. The van der Waals surface area contributed by atoms with Crippen LogP contribution >= 0.6 is 11.6 Å². The summed E-state index contributed by atoms with van der Waals surface area (Å²) >= 11 is 6.39. The van der Waals surface area contributed by atoms with Crippen LogP contribution in [0, 0.1) is 6.92 Å². The second-order valence-electron chi connectivity index (χ2n) is 6.28. The van der Waals surface area contributed by atoms with E-state index >= 15 is 0 Å². The van der Waals surface area contributed by atoms with Crippen LogP contribution in [0.15, 0.2) is 42.7 Å². The van der Waals surface area contributed by atoms with Gasteiger partial charge in [-0.1, -0.05) is 29.8 Å². The van der Waals surface area contributed by atoms with Gasteiger partial charge in [0.1, 0.15) is 5.60 Å². The van der Waals surface area contributed by atoms with Crippen molar-refractivity contribution in [1.82, 2.24) is 9.55 Å². The largest absolute Gasteiger partial charge is 0.383 e. The predicted octanol–water partition coefficient (Wildman–Crippen LogP) is 3.43. The molecule has 4 nitrogen and oxygen atoms in total. The molecule has 4 rings (SSSR count). The highest BCUT2D eigenvalue weighted by Crippen LogP contribution is 2.31. The molecule has 5 heteroatoms. The van der Waals surface area contributed by atoms with Crippen molar-refractivity contribution in [1.29, 1.82) is 0 Å². The first kappa shape index (κ1) is 14.7. The highest BCUT2D eigenvalue weighted by Gasteiger charge is 2.36. The summed E-state index contributed by atoms with van der Waals surface area (Å²) in [4.78, 5) is 4.41. The average molecular weight is 329 g/mol. The van der Waals surface area contributed by atoms with Gasteiger partial charge in [0.15, 0.2) is 0 Å². The van der Waals surface area contributed by atoms with E-state index in [0.717, 1.165) is 32.7 Å². The summed E-state index contributed by atoms with van der Waals surface area (Å²) in [5, 5.41) is 11.0. The molecule has 3 aromatic rings. The third-order valence-electron chi connectivity index (χ3n) is 4.26. The van der Waals surface area contributed by atoms with E-state index in [9.17, 15) is 5.11 Å². The summed E-state index contributed by atoms with van der Waals surface area (Å²) in [6.07, 6.45) is 1.77. The summed E-state index contributed by atoms with van der Waals surface area (Å²) in [5.74, 6) is 0. The number of rotatable bonds is 3. The van der Waals surface area contributed by atoms with Crippen LogP contribution in [0.5, 0.6) is 0 Å². The highest BCUT2D eigenvalue weighted by molar-refractivity contribution is 6.33. The first-order chi connectivity index (χ1) is 11.0. The maximum Gasteiger partial charge on any atom is 0.129 e. The lowest BCUT2D eigenvalue weighted by Gasteiger charge is -2.36. The quantitative estimate of drug-likeness (QED) is 0.801. The van der Waals surface area contributed by atoms with E-state index in [4.69, 9.17) is 16.3 Å². The minimum Gasteiger partial charge on any atom is -0.383 e. The number of halogens is 1. The van der Waals surface area contributed by atoms with Gasteiger partial charge in [-0.2, -0.15) is 0 Å². The fraction of sp³-hybridized carbons (Fsp3) is 0.278. The van der Waals surface area contributed by atoms with Crippen molar-refractivity contribution in [3.63, 3.8) is 0 Å². The first-order valence-electron chi connectivity index (χ1n) is 7.56. The van der Waals surface area contributed by atoms with Crippen LogP contribution in [0.25, 0.3) is 22.2 Å². The van der Waals surface area contributed by atoms with Crippen LogP contribution in [-0.4, -0.2) is 33.5 Å². The second kappa shape index (κ2) is 5.34. The van der Waals surface area contributed by atoms with Crippen molar-refractivity contribution < 1.29 is 9.84 Å². The molecular weight excluding hydrogens is 312 g/mol. The number of aryl methyl sites for hydroxylation is 1. The Labute approximate surface area is 139 Å². The van der Waals surface area contributed by atoms with E-state index in [-0.39, 0.29) is 0 Å². The van der Waals surface area contributed by atoms with Crippen molar-refractivity contribution in [3.8, 4) is 11.1 Å². The molecule has 0 saturated carbocycles. The van der Waals surface area contributed by atoms with Gasteiger partial charge in [0.05, 0.1) is 37.1 Å². The van der Waals surface area contributed by atoms with Crippen molar-refractivity contribution >= 4 is 22.6 Å². The van der Waals surface area contributed by atoms with Gasteiger partial charge in [0.2, 0.25) is 0 Å². The number of hydrogen-bond donors (Lipinski definition) is 1. The van der Waals surface area contributed by atoms with E-state index in [1.54, 1.807) is 6.33 Å². The standard InChI is InChI=1S/C18H17ClN2O2/c1-12-2-4-14(15(19)6-12)13-3-5-16-17(7-13)21(11-20-16)8-18(22)9-23-10-18/h2-7,11,22H,8-10H2,1H3. The molecule has 0 amide bonds. The molecule has 0 aliphatic carbocycles. The van der Waals surface area contributed by atoms with Crippen molar-refractivity contribution in [2.75, 3.05) is 13.2 Å². The summed E-state index contributed by atoms with van der Waals surface area (Å²) in [7, 11) is 0. The Bertz CT molecular complexity index is 884. The Morgan fingerprint density at radius 2 is 2.09 bits per heavy atom. The Balaban J connectivity index is 1.77. The molecule has 1 fully saturated rings. The third-order valence-corrected chi connectivity index (χ3v) is 4.58. The normalized spacial score (nSPS) is 16.5. The van der Waals surface area contributed by atoms with E-state index in [1.807, 2.05) is 35.8 Å². The van der Waals surface area contributed by atoms with Crippen molar-refractivity contribution in [3.05, 3.63) is 53.3 Å². The smallest absolute Gasteiger partial charge is 0.129 e. The molecule has 0 atom stereocenters. The molecule has 23 heavy (non-hydrogen) atoms. The van der Waals surface area contributed by atoms with Crippen molar-refractivity contribution in [2.24, 2.45) is 0 Å². The first-order valence-corrected chi connectivity index (χ1v) is 7.93. The number of aliphatic hydroxyl groups is 1. The summed E-state index contributed by atoms with van der Waals surface area (Å²) < 4.78 is 7.09. The van der Waals surface area contributed by atoms with E-state index in [2.05, 4.69) is 17.1 Å². The summed E-state index contributed by atoms with van der Waals surface area (Å²) in [5.41, 5.74) is 4.28. The minimum absolute atomic E-state index is 0.371. The van der Waals surface area contributed by atoms with Gasteiger partial charge in [0.25, 0.3) is 0 Å². The van der Waals surface area contributed by atoms with Gasteiger partial charge < -0.3 is 14.4 Å². The Kier molecular flexibility index (Phi) is 3.41. The topological polar surface area (TPSA) is 47.3 Å². The lowest BCUT2D eigenvalue weighted by atomic mass is 10.0. The molecule has 1 aromatic heterocycles. The zero-order valence-electron chi connectivity index (χ0n) is 12.8. The Hall–Kier alpha value is -1.88. The molecule has 2 heterocycles. The van der Waals surface area contributed by atoms with Gasteiger partial charge in [0, 0.05) is 10.6 Å². The molecule has 0 spiro atoms. The van der Waals surface area contributed by atoms with E-state index in [0.29, 0.717) is 19.8 Å². The SMILES string of the molecule is Cc1ccc(-c2ccc3ncn(CC4(O)COC4)c3c2)c(Cl)c1. The van der Waals surface area contributed by atoms with Gasteiger partial charge in [-0.25, -0.2) is 4.98 Å². The molecule has 0 bridgehead atoms. The number of aromatic nitrogens is 2. The van der Waals surface area contributed by atoms with E-state index < -0.39 is 5.60 Å². The predicted molar refractivity (Wildman–Crippen MR) is 90.7 cm³/mol. The molecule has 2 aromatic carbocycles. The van der Waals surface area contributed by atoms with Gasteiger partial charge in [-0.15, -0.1) is 0 Å². The third kappa shape index (κ3) is 2.63. The Morgan fingerprint density at radius 1 is 1.26 bits per heavy atom. The van der Waals surface area contributed by atoms with Crippen LogP contribution in [0.1, 0.15) is 5.56 Å². The fourth-order valence-electron chi connectivity index (χ4n) is 2.95. The average Bonchev–Trinajstić information content (AvgIpc) is 2.88. The fourth-order valence-corrected chi connectivity index (χ4v) is 3.29. The highest BCUT2D eigenvalue weighted by atomic mass is 35.5. The van der Waals surface area contributed by atoms with Crippen LogP contribution in [0.3, 0.4) is 0 Å². The minimum atomic E-state index is -0.787. The van der Waals surface area contributed by atoms with Crippen LogP contribution in [-0.2, 0) is 11.3 Å². The number of imidazole rings is 1. The molecule has 0 radical (unpaired) electrons. The van der Waals surface area contributed by atoms with Gasteiger partial charge in [-0.05, 0) is 36.2 Å². The number of hydrogen-bond acceptors (Lipinski definition) is 3. The molecule has 1 N–H and O–H groups in total. The lowest BCUT2D eigenvalue weighted by molar-refractivity contribution is -0.184. The van der Waals surface area contributed by atoms with Crippen LogP contribution < -0.4 is 0 Å². The molecular formula is C18H17ClN2O2. The second-order valence-corrected chi connectivity index (χ2v) is 6.68. The maximum atomic E-state index is 10.3. The number of ether oxygens (including phenoxy) is 1. The van der Waals surface area contributed by atoms with Gasteiger partial charge >= 0.3 is 0 Å². The van der Waals surface area contributed by atoms with Crippen molar-refractivity contribution in [2.45, 2.75) is 19.1 Å². The van der Waals surface area contributed by atoms with E-state index in [1.165, 1.54) is 0 Å². The summed E-state index contributed by atoms with van der Waals surface area (Å²) in [6.45, 7) is 3.25. The zero-order valence-corrected chi connectivity index (χ0v) is 13.5. The summed E-state index contributed by atoms with van der Waals surface area (Å²) in [6, 6.07) is 12.1. The Morgan fingerprint density at radius 3 is 2.78 bits per heavy atom. The number of benzene rings is 2. The zero-order chi connectivity index (χ0) is 16.0. The molecule has 0 unspecified atom stereocenters. The maximum absolute atomic E-state index is 10.3. The molecule has 1 aliphatic heterocycles. The lowest BCUT2D eigenvalue weighted by Crippen LogP contribution is -2.52. The van der Waals surface area contributed by atoms with Gasteiger partial charge in [-0.3, -0.25) is 0 Å². The molecule has 118 valence electrons. The van der Waals surface area contributed by atoms with Crippen LogP contribution in [0.4, 0.5) is 0 Å². The van der Waals surface area contributed by atoms with Crippen LogP contribution in [0.2, 0.25) is 5.02 Å². The number of nitrogens with zero attached hydrogens (tertiary/aromatic N) is 2. The monoisotopic (exact) mass is 328 g/mol. The number of fused-ring (bicyclic) bond motifs is 1.